The average molecular weight is 393 g/mol. The molecule has 152 valence electrons. The summed E-state index contributed by atoms with van der Waals surface area (Å²) in [6, 6.07) is 10.6. The van der Waals surface area contributed by atoms with E-state index in [1.54, 1.807) is 15.6 Å². The van der Waals surface area contributed by atoms with Crippen LogP contribution in [0.3, 0.4) is 0 Å². The van der Waals surface area contributed by atoms with Gasteiger partial charge in [0.15, 0.2) is 5.65 Å². The second-order valence-corrected chi connectivity index (χ2v) is 8.37. The van der Waals surface area contributed by atoms with Crippen LogP contribution < -0.4 is 4.90 Å². The molecule has 1 saturated heterocycles. The van der Waals surface area contributed by atoms with Crippen molar-refractivity contribution in [2.24, 2.45) is 0 Å². The predicted octanol–water partition coefficient (Wildman–Crippen LogP) is 3.76. The van der Waals surface area contributed by atoms with Crippen LogP contribution in [-0.2, 0) is 4.74 Å². The Labute approximate surface area is 170 Å². The number of carbonyl (C=O) groups is 1. The van der Waals surface area contributed by atoms with Gasteiger partial charge in [-0.25, -0.2) is 14.3 Å². The summed E-state index contributed by atoms with van der Waals surface area (Å²) in [5, 5.41) is 4.57. The normalized spacial score (nSPS) is 15.0. The van der Waals surface area contributed by atoms with Crippen LogP contribution in [0, 0.1) is 6.92 Å². The maximum absolute atomic E-state index is 12.2. The predicted molar refractivity (Wildman–Crippen MR) is 113 cm³/mol. The Morgan fingerprint density at radius 3 is 2.41 bits per heavy atom. The molecule has 0 N–H and O–H groups in total. The molecule has 0 unspecified atom stereocenters. The number of anilines is 1. The molecule has 1 aliphatic heterocycles. The van der Waals surface area contributed by atoms with Crippen LogP contribution in [0.1, 0.15) is 26.5 Å². The number of amides is 1. The molecule has 3 heterocycles. The van der Waals surface area contributed by atoms with Crippen molar-refractivity contribution < 1.29 is 9.53 Å². The summed E-state index contributed by atoms with van der Waals surface area (Å²) in [5.74, 6) is 0. The fourth-order valence-electron chi connectivity index (χ4n) is 3.56. The number of carbonyl (C=O) groups excluding carboxylic acids is 1. The summed E-state index contributed by atoms with van der Waals surface area (Å²) < 4.78 is 7.26. The van der Waals surface area contributed by atoms with Gasteiger partial charge in [-0.05, 0) is 51.5 Å². The first-order valence-corrected chi connectivity index (χ1v) is 9.94. The molecule has 1 amide bonds. The Balaban J connectivity index is 1.43. The zero-order valence-electron chi connectivity index (χ0n) is 17.4. The summed E-state index contributed by atoms with van der Waals surface area (Å²) in [7, 11) is 0. The van der Waals surface area contributed by atoms with E-state index in [4.69, 9.17) is 4.74 Å². The standard InChI is InChI=1S/C22H27N5O2/c1-16-19(15-20-23-9-10-27(20)24-16)17-5-7-18(8-6-17)25-11-13-26(14-12-25)21(28)29-22(2,3)4/h5-10,15H,11-14H2,1-4H3. The first-order chi connectivity index (χ1) is 13.8. The number of imidazole rings is 1. The van der Waals surface area contributed by atoms with Crippen molar-refractivity contribution in [1.82, 2.24) is 19.5 Å². The smallest absolute Gasteiger partial charge is 0.410 e. The Bertz CT molecular complexity index is 1010. The van der Waals surface area contributed by atoms with Crippen molar-refractivity contribution in [3.8, 4) is 11.1 Å². The third-order valence-corrected chi connectivity index (χ3v) is 5.05. The van der Waals surface area contributed by atoms with Gasteiger partial charge in [0, 0.05) is 49.8 Å². The SMILES string of the molecule is Cc1nn2ccnc2cc1-c1ccc(N2CCN(C(=O)OC(C)(C)C)CC2)cc1. The van der Waals surface area contributed by atoms with Gasteiger partial charge in [-0.15, -0.1) is 0 Å². The van der Waals surface area contributed by atoms with E-state index in [0.29, 0.717) is 13.1 Å². The van der Waals surface area contributed by atoms with Gasteiger partial charge < -0.3 is 14.5 Å². The second-order valence-electron chi connectivity index (χ2n) is 8.37. The highest BCUT2D eigenvalue weighted by atomic mass is 16.6. The van der Waals surface area contributed by atoms with Crippen molar-refractivity contribution >= 4 is 17.4 Å². The summed E-state index contributed by atoms with van der Waals surface area (Å²) in [6.07, 6.45) is 3.38. The lowest BCUT2D eigenvalue weighted by molar-refractivity contribution is 0.0240. The van der Waals surface area contributed by atoms with Crippen LogP contribution in [0.25, 0.3) is 16.8 Å². The van der Waals surface area contributed by atoms with Crippen molar-refractivity contribution in [3.63, 3.8) is 0 Å². The van der Waals surface area contributed by atoms with Gasteiger partial charge in [0.05, 0.1) is 5.69 Å². The van der Waals surface area contributed by atoms with Crippen molar-refractivity contribution in [3.05, 3.63) is 48.4 Å². The van der Waals surface area contributed by atoms with Gasteiger partial charge in [-0.2, -0.15) is 5.10 Å². The third-order valence-electron chi connectivity index (χ3n) is 5.05. The van der Waals surface area contributed by atoms with E-state index in [2.05, 4.69) is 45.3 Å². The molecule has 0 saturated carbocycles. The molecular formula is C22H27N5O2. The molecule has 4 rings (SSSR count). The first-order valence-electron chi connectivity index (χ1n) is 9.94. The molecule has 3 aromatic rings. The Kier molecular flexibility index (Phi) is 4.90. The van der Waals surface area contributed by atoms with E-state index in [1.165, 1.54) is 0 Å². The van der Waals surface area contributed by atoms with Gasteiger partial charge in [-0.1, -0.05) is 12.1 Å². The van der Waals surface area contributed by atoms with E-state index in [-0.39, 0.29) is 6.09 Å². The minimum absolute atomic E-state index is 0.232. The lowest BCUT2D eigenvalue weighted by Gasteiger charge is -2.36. The number of ether oxygens (including phenoxy) is 1. The topological polar surface area (TPSA) is 63.0 Å². The monoisotopic (exact) mass is 393 g/mol. The van der Waals surface area contributed by atoms with Crippen LogP contribution in [0.4, 0.5) is 10.5 Å². The van der Waals surface area contributed by atoms with Gasteiger partial charge in [0.25, 0.3) is 0 Å². The van der Waals surface area contributed by atoms with E-state index >= 15 is 0 Å². The van der Waals surface area contributed by atoms with Gasteiger partial charge >= 0.3 is 6.09 Å². The Hall–Kier alpha value is -3.09. The zero-order valence-corrected chi connectivity index (χ0v) is 17.4. The van der Waals surface area contributed by atoms with Crippen LogP contribution in [-0.4, -0.2) is 57.4 Å². The van der Waals surface area contributed by atoms with Crippen LogP contribution in [0.5, 0.6) is 0 Å². The summed E-state index contributed by atoms with van der Waals surface area (Å²) in [4.78, 5) is 20.6. The quantitative estimate of drug-likeness (QED) is 0.663. The lowest BCUT2D eigenvalue weighted by Crippen LogP contribution is -2.50. The minimum atomic E-state index is -0.462. The third kappa shape index (κ3) is 4.18. The Morgan fingerprint density at radius 2 is 1.76 bits per heavy atom. The lowest BCUT2D eigenvalue weighted by atomic mass is 10.0. The number of aromatic nitrogens is 3. The second kappa shape index (κ2) is 7.39. The van der Waals surface area contributed by atoms with E-state index < -0.39 is 5.60 Å². The maximum Gasteiger partial charge on any atom is 0.410 e. The molecule has 1 fully saturated rings. The molecule has 7 heteroatoms. The molecule has 1 aliphatic rings. The van der Waals surface area contributed by atoms with Crippen molar-refractivity contribution in [2.45, 2.75) is 33.3 Å². The van der Waals surface area contributed by atoms with Crippen molar-refractivity contribution in [2.75, 3.05) is 31.1 Å². The number of piperazine rings is 1. The zero-order chi connectivity index (χ0) is 20.6. The van der Waals surface area contributed by atoms with Crippen LogP contribution in [0.2, 0.25) is 0 Å². The number of aryl methyl sites for hydroxylation is 1. The van der Waals surface area contributed by atoms with Crippen LogP contribution >= 0.6 is 0 Å². The summed E-state index contributed by atoms with van der Waals surface area (Å²) in [5.41, 5.74) is 4.71. The largest absolute Gasteiger partial charge is 0.444 e. The molecule has 0 radical (unpaired) electrons. The number of fused-ring (bicyclic) bond motifs is 1. The molecule has 0 atom stereocenters. The molecule has 29 heavy (non-hydrogen) atoms. The number of rotatable bonds is 2. The highest BCUT2D eigenvalue weighted by Gasteiger charge is 2.26. The highest BCUT2D eigenvalue weighted by Crippen LogP contribution is 2.26. The van der Waals surface area contributed by atoms with Gasteiger partial charge in [0.2, 0.25) is 0 Å². The number of hydrogen-bond acceptors (Lipinski definition) is 5. The van der Waals surface area contributed by atoms with Crippen LogP contribution in [0.15, 0.2) is 42.7 Å². The molecule has 0 bridgehead atoms. The van der Waals surface area contributed by atoms with Gasteiger partial charge in [0.1, 0.15) is 5.60 Å². The average Bonchev–Trinajstić information content (AvgIpc) is 3.13. The molecule has 0 aliphatic carbocycles. The van der Waals surface area contributed by atoms with E-state index in [1.807, 2.05) is 33.9 Å². The maximum atomic E-state index is 12.2. The molecule has 1 aromatic carbocycles. The summed E-state index contributed by atoms with van der Waals surface area (Å²) in [6.45, 7) is 10.6. The highest BCUT2D eigenvalue weighted by molar-refractivity contribution is 5.71. The van der Waals surface area contributed by atoms with Gasteiger partial charge in [-0.3, -0.25) is 0 Å². The number of nitrogens with zero attached hydrogens (tertiary/aromatic N) is 5. The number of hydrogen-bond donors (Lipinski definition) is 0. The molecule has 2 aromatic heterocycles. The minimum Gasteiger partial charge on any atom is -0.444 e. The Morgan fingerprint density at radius 1 is 1.07 bits per heavy atom. The number of benzene rings is 1. The first kappa shape index (κ1) is 19.2. The molecule has 0 spiro atoms. The van der Waals surface area contributed by atoms with Crippen molar-refractivity contribution in [1.29, 1.82) is 0 Å². The van der Waals surface area contributed by atoms with E-state index in [9.17, 15) is 4.79 Å². The summed E-state index contributed by atoms with van der Waals surface area (Å²) >= 11 is 0. The molecule has 7 nitrogen and oxygen atoms in total. The molecular weight excluding hydrogens is 366 g/mol. The fraction of sp³-hybridized carbons (Fsp3) is 0.409. The fourth-order valence-corrected chi connectivity index (χ4v) is 3.56. The van der Waals surface area contributed by atoms with E-state index in [0.717, 1.165) is 41.2 Å².